The van der Waals surface area contributed by atoms with Crippen molar-refractivity contribution in [3.05, 3.63) is 22.6 Å². The largest absolute Gasteiger partial charge is 0.489 e. The molecule has 1 aliphatic carbocycles. The number of amides is 3. The first-order valence-corrected chi connectivity index (χ1v) is 10.3. The van der Waals surface area contributed by atoms with Gasteiger partial charge in [-0.05, 0) is 19.3 Å². The molecule has 3 heterocycles. The van der Waals surface area contributed by atoms with Gasteiger partial charge in [-0.3, -0.25) is 19.7 Å². The fourth-order valence-electron chi connectivity index (χ4n) is 4.50. The number of carbonyl (C=O) groups excluding carboxylic acids is 3. The first-order chi connectivity index (χ1) is 14.1. The number of hydrogen-bond acceptors (Lipinski definition) is 7. The lowest BCUT2D eigenvalue weighted by molar-refractivity contribution is -0.142. The lowest BCUT2D eigenvalue weighted by atomic mass is 9.94. The van der Waals surface area contributed by atoms with Crippen molar-refractivity contribution >= 4 is 17.7 Å². The molecule has 0 bridgehead atoms. The van der Waals surface area contributed by atoms with Crippen LogP contribution in [0.25, 0.3) is 0 Å². The highest BCUT2D eigenvalue weighted by Crippen LogP contribution is 2.39. The maximum atomic E-state index is 13.1. The second-order valence-corrected chi connectivity index (χ2v) is 7.71. The van der Waals surface area contributed by atoms with E-state index in [1.165, 1.54) is 0 Å². The molecule has 2 N–H and O–H groups in total. The Morgan fingerprint density at radius 1 is 1.03 bits per heavy atom. The molecule has 4 aliphatic rings. The summed E-state index contributed by atoms with van der Waals surface area (Å²) >= 11 is 0. The average Bonchev–Trinajstić information content (AvgIpc) is 3.06. The van der Waals surface area contributed by atoms with Gasteiger partial charge in [0.15, 0.2) is 0 Å². The number of nitrogens with one attached hydrogen (secondary N) is 2. The van der Waals surface area contributed by atoms with Crippen molar-refractivity contribution in [1.29, 1.82) is 0 Å². The van der Waals surface area contributed by atoms with Crippen molar-refractivity contribution in [2.45, 2.75) is 31.7 Å². The van der Waals surface area contributed by atoms with Crippen molar-refractivity contribution in [2.24, 2.45) is 0 Å². The van der Waals surface area contributed by atoms with Gasteiger partial charge in [0.2, 0.25) is 11.8 Å². The van der Waals surface area contributed by atoms with Crippen LogP contribution in [0.2, 0.25) is 0 Å². The molecule has 0 radical (unpaired) electrons. The van der Waals surface area contributed by atoms with E-state index >= 15 is 0 Å². The zero-order valence-corrected chi connectivity index (χ0v) is 16.8. The summed E-state index contributed by atoms with van der Waals surface area (Å²) in [4.78, 5) is 40.9. The van der Waals surface area contributed by atoms with Crippen LogP contribution in [0, 0.1) is 0 Å². The van der Waals surface area contributed by atoms with Gasteiger partial charge >= 0.3 is 0 Å². The van der Waals surface area contributed by atoms with Crippen LogP contribution < -0.4 is 10.6 Å². The van der Waals surface area contributed by atoms with Crippen molar-refractivity contribution in [2.75, 3.05) is 53.0 Å². The second kappa shape index (κ2) is 8.54. The Labute approximate surface area is 170 Å². The molecule has 1 unspecified atom stereocenters. The quantitative estimate of drug-likeness (QED) is 0.455. The third kappa shape index (κ3) is 3.89. The molecule has 3 aliphatic heterocycles. The maximum absolute atomic E-state index is 13.1. The molecule has 0 aromatic heterocycles. The van der Waals surface area contributed by atoms with E-state index in [0.717, 1.165) is 55.2 Å². The lowest BCUT2D eigenvalue weighted by Gasteiger charge is -2.35. The van der Waals surface area contributed by atoms with Gasteiger partial charge in [-0.2, -0.15) is 0 Å². The second-order valence-electron chi connectivity index (χ2n) is 7.71. The summed E-state index contributed by atoms with van der Waals surface area (Å²) in [5, 5.41) is 5.72. The Hall–Kier alpha value is -2.39. The number of imide groups is 1. The number of carbonyl (C=O) groups is 3. The van der Waals surface area contributed by atoms with Gasteiger partial charge in [0.05, 0.1) is 18.8 Å². The third-order valence-electron chi connectivity index (χ3n) is 5.98. The summed E-state index contributed by atoms with van der Waals surface area (Å²) in [6, 6.07) is -0.603. The van der Waals surface area contributed by atoms with Crippen molar-refractivity contribution in [1.82, 2.24) is 20.4 Å². The summed E-state index contributed by atoms with van der Waals surface area (Å²) in [7, 11) is 1.63. The molecule has 0 saturated carbocycles. The number of hydrogen-bond donors (Lipinski definition) is 2. The fourth-order valence-corrected chi connectivity index (χ4v) is 4.50. The van der Waals surface area contributed by atoms with Gasteiger partial charge in [-0.15, -0.1) is 0 Å². The van der Waals surface area contributed by atoms with Crippen molar-refractivity contribution < 1.29 is 23.9 Å². The fraction of sp³-hybridized carbons (Fsp3) is 0.650. The average molecular weight is 404 g/mol. The zero-order valence-electron chi connectivity index (χ0n) is 16.8. The SMILES string of the molecule is COCCOC1=C(N2CCNCC2)CCC2=C1CN(C1CCC(=O)NC1=O)C2=O. The van der Waals surface area contributed by atoms with E-state index in [2.05, 4.69) is 15.5 Å². The van der Waals surface area contributed by atoms with Crippen LogP contribution in [-0.2, 0) is 23.9 Å². The molecule has 2 fully saturated rings. The molecule has 1 atom stereocenters. The highest BCUT2D eigenvalue weighted by Gasteiger charge is 2.43. The minimum absolute atomic E-state index is 0.110. The zero-order chi connectivity index (χ0) is 20.4. The van der Waals surface area contributed by atoms with Crippen LogP contribution in [0.15, 0.2) is 22.6 Å². The van der Waals surface area contributed by atoms with Gasteiger partial charge in [0.25, 0.3) is 5.91 Å². The van der Waals surface area contributed by atoms with E-state index < -0.39 is 6.04 Å². The Morgan fingerprint density at radius 3 is 2.55 bits per heavy atom. The Bertz CT molecular complexity index is 769. The van der Waals surface area contributed by atoms with Crippen molar-refractivity contribution in [3.8, 4) is 0 Å². The van der Waals surface area contributed by atoms with Crippen LogP contribution in [0.4, 0.5) is 0 Å². The summed E-state index contributed by atoms with van der Waals surface area (Å²) in [6.45, 7) is 4.86. The summed E-state index contributed by atoms with van der Waals surface area (Å²) in [6.07, 6.45) is 2.01. The van der Waals surface area contributed by atoms with E-state index in [4.69, 9.17) is 9.47 Å². The maximum Gasteiger partial charge on any atom is 0.251 e. The topological polar surface area (TPSA) is 100 Å². The van der Waals surface area contributed by atoms with Crippen LogP contribution in [0.1, 0.15) is 25.7 Å². The minimum Gasteiger partial charge on any atom is -0.489 e. The standard InChI is InChI=1S/C20H28N4O5/c1-28-10-11-29-18-14-12-24(16-4-5-17(25)22-19(16)26)20(27)13(14)2-3-15(18)23-8-6-21-7-9-23/h16,21H,2-12H2,1H3,(H,22,25,26). The van der Waals surface area contributed by atoms with Gasteiger partial charge < -0.3 is 24.6 Å². The Morgan fingerprint density at radius 2 is 1.83 bits per heavy atom. The number of allylic oxidation sites excluding steroid dienone is 1. The van der Waals surface area contributed by atoms with E-state index in [-0.39, 0.29) is 24.1 Å². The van der Waals surface area contributed by atoms with Crippen LogP contribution >= 0.6 is 0 Å². The minimum atomic E-state index is -0.603. The smallest absolute Gasteiger partial charge is 0.251 e. The molecule has 158 valence electrons. The number of methoxy groups -OCH3 is 1. The number of nitrogens with zero attached hydrogens (tertiary/aromatic N) is 2. The van der Waals surface area contributed by atoms with E-state index in [1.807, 2.05) is 0 Å². The van der Waals surface area contributed by atoms with Crippen LogP contribution in [0.5, 0.6) is 0 Å². The molecule has 0 aromatic carbocycles. The van der Waals surface area contributed by atoms with Gasteiger partial charge in [0, 0.05) is 50.9 Å². The number of piperazine rings is 1. The van der Waals surface area contributed by atoms with E-state index in [0.29, 0.717) is 32.6 Å². The highest BCUT2D eigenvalue weighted by molar-refractivity contribution is 6.05. The third-order valence-corrected chi connectivity index (χ3v) is 5.98. The molecule has 0 aromatic rings. The predicted molar refractivity (Wildman–Crippen MR) is 103 cm³/mol. The molecule has 4 rings (SSSR count). The normalized spacial score (nSPS) is 25.6. The van der Waals surface area contributed by atoms with Crippen molar-refractivity contribution in [3.63, 3.8) is 0 Å². The van der Waals surface area contributed by atoms with Gasteiger partial charge in [-0.25, -0.2) is 0 Å². The monoisotopic (exact) mass is 404 g/mol. The number of rotatable bonds is 6. The van der Waals surface area contributed by atoms with Gasteiger partial charge in [-0.1, -0.05) is 0 Å². The van der Waals surface area contributed by atoms with E-state index in [9.17, 15) is 14.4 Å². The number of piperidine rings is 1. The summed E-state index contributed by atoms with van der Waals surface area (Å²) < 4.78 is 11.3. The first kappa shape index (κ1) is 19.9. The molecule has 0 spiro atoms. The molecular formula is C20H28N4O5. The molecular weight excluding hydrogens is 376 g/mol. The lowest BCUT2D eigenvalue weighted by Crippen LogP contribution is -2.53. The molecule has 29 heavy (non-hydrogen) atoms. The highest BCUT2D eigenvalue weighted by atomic mass is 16.5. The van der Waals surface area contributed by atoms with Crippen LogP contribution in [-0.4, -0.2) is 86.6 Å². The molecule has 3 amide bonds. The Balaban J connectivity index is 1.59. The Kier molecular flexibility index (Phi) is 5.86. The molecule has 2 saturated heterocycles. The first-order valence-electron chi connectivity index (χ1n) is 10.3. The number of ether oxygens (including phenoxy) is 2. The summed E-state index contributed by atoms with van der Waals surface area (Å²) in [5.41, 5.74) is 2.76. The van der Waals surface area contributed by atoms with Gasteiger partial charge in [0.1, 0.15) is 18.4 Å². The molecule has 9 nitrogen and oxygen atoms in total. The predicted octanol–water partition coefficient (Wildman–Crippen LogP) is -0.496. The summed E-state index contributed by atoms with van der Waals surface area (Å²) in [5.74, 6) is -0.00209. The van der Waals surface area contributed by atoms with Crippen LogP contribution in [0.3, 0.4) is 0 Å². The van der Waals surface area contributed by atoms with E-state index in [1.54, 1.807) is 12.0 Å². The molecule has 9 heteroatoms.